The molecule has 1 rings (SSSR count). The van der Waals surface area contributed by atoms with Gasteiger partial charge in [-0.05, 0) is 19.3 Å². The molecule has 7 nitrogen and oxygen atoms in total. The molecule has 0 aromatic rings. The molecule has 9 heteroatoms. The van der Waals surface area contributed by atoms with E-state index in [1.165, 1.54) is 19.1 Å². The summed E-state index contributed by atoms with van der Waals surface area (Å²) in [6.45, 7) is 1.37. The molecular weight excluding hydrogens is 366 g/mol. The predicted molar refractivity (Wildman–Crippen MR) is 97.5 cm³/mol. The van der Waals surface area contributed by atoms with E-state index in [2.05, 4.69) is 5.32 Å². The zero-order valence-corrected chi connectivity index (χ0v) is 15.9. The second-order valence-electron chi connectivity index (χ2n) is 6.20. The second-order valence-corrected chi connectivity index (χ2v) is 8.99. The van der Waals surface area contributed by atoms with Crippen molar-refractivity contribution in [3.8, 4) is 0 Å². The highest BCUT2D eigenvalue weighted by molar-refractivity contribution is 8.77. The van der Waals surface area contributed by atoms with Gasteiger partial charge in [-0.2, -0.15) is 0 Å². The molecule has 0 aliphatic carbocycles. The summed E-state index contributed by atoms with van der Waals surface area (Å²) < 4.78 is 0. The summed E-state index contributed by atoms with van der Waals surface area (Å²) >= 11 is 0. The van der Waals surface area contributed by atoms with E-state index in [1.807, 2.05) is 21.6 Å². The van der Waals surface area contributed by atoms with Gasteiger partial charge in [0.2, 0.25) is 5.91 Å². The maximum atomic E-state index is 12.1. The van der Waals surface area contributed by atoms with E-state index < -0.39 is 36.1 Å². The molecule has 1 aliphatic heterocycles. The van der Waals surface area contributed by atoms with Crippen LogP contribution in [-0.2, 0) is 19.2 Å². The number of hydrogen-bond acceptors (Lipinski definition) is 6. The van der Waals surface area contributed by atoms with Crippen LogP contribution in [0.1, 0.15) is 51.9 Å². The topological polar surface area (TPSA) is 121 Å². The zero-order chi connectivity index (χ0) is 18.8. The lowest BCUT2D eigenvalue weighted by Crippen LogP contribution is -2.43. The molecule has 1 aliphatic rings. The first-order valence-corrected chi connectivity index (χ1v) is 10.7. The Labute approximate surface area is 155 Å². The highest BCUT2D eigenvalue weighted by atomic mass is 33.1. The van der Waals surface area contributed by atoms with Crippen LogP contribution in [-0.4, -0.2) is 50.9 Å². The number of carbonyl (C=O) groups excluding carboxylic acids is 2. The molecule has 142 valence electrons. The van der Waals surface area contributed by atoms with E-state index in [0.717, 1.165) is 12.8 Å². The maximum Gasteiger partial charge on any atom is 0.306 e. The Bertz CT molecular complexity index is 493. The number of ketones is 1. The first-order chi connectivity index (χ1) is 11.8. The molecular formula is C16H25NO6S2. The summed E-state index contributed by atoms with van der Waals surface area (Å²) in [6, 6.07) is -1.17. The largest absolute Gasteiger partial charge is 0.481 e. The maximum absolute atomic E-state index is 12.1. The van der Waals surface area contributed by atoms with E-state index in [1.54, 1.807) is 0 Å². The number of amides is 1. The van der Waals surface area contributed by atoms with Crippen LogP contribution < -0.4 is 5.32 Å². The van der Waals surface area contributed by atoms with Crippen molar-refractivity contribution < 1.29 is 29.4 Å². The fourth-order valence-corrected chi connectivity index (χ4v) is 5.47. The monoisotopic (exact) mass is 391 g/mol. The number of nitrogens with one attached hydrogen (secondary N) is 1. The second kappa shape index (κ2) is 11.4. The fraction of sp³-hybridized carbons (Fsp3) is 0.750. The van der Waals surface area contributed by atoms with Crippen molar-refractivity contribution in [3.63, 3.8) is 0 Å². The highest BCUT2D eigenvalue weighted by Gasteiger charge is 2.26. The van der Waals surface area contributed by atoms with E-state index in [0.29, 0.717) is 11.7 Å². The number of carboxylic acid groups (broad SMARTS) is 2. The summed E-state index contributed by atoms with van der Waals surface area (Å²) in [5, 5.41) is 20.8. The van der Waals surface area contributed by atoms with E-state index in [-0.39, 0.29) is 18.7 Å². The van der Waals surface area contributed by atoms with Gasteiger partial charge < -0.3 is 15.5 Å². The third-order valence-corrected chi connectivity index (χ3v) is 6.95. The standard InChI is InChI=1S/C16H25NO6S2/c1-10(16(22)23)8-13(18)12(9-15(20)21)17-14(19)5-3-2-4-11-6-7-24-25-11/h10-12H,2-9H2,1H3,(H,17,19)(H,20,21)(H,22,23). The van der Waals surface area contributed by atoms with Crippen LogP contribution in [0.15, 0.2) is 0 Å². The van der Waals surface area contributed by atoms with E-state index >= 15 is 0 Å². The minimum Gasteiger partial charge on any atom is -0.481 e. The quantitative estimate of drug-likeness (QED) is 0.342. The molecule has 0 aromatic heterocycles. The van der Waals surface area contributed by atoms with Crippen molar-refractivity contribution in [2.24, 2.45) is 5.92 Å². The molecule has 0 bridgehead atoms. The summed E-state index contributed by atoms with van der Waals surface area (Å²) in [7, 11) is 3.76. The number of hydrogen-bond donors (Lipinski definition) is 3. The normalized spacial score (nSPS) is 19.2. The zero-order valence-electron chi connectivity index (χ0n) is 14.2. The molecule has 0 radical (unpaired) electrons. The molecule has 0 spiro atoms. The Morgan fingerprint density at radius 1 is 1.16 bits per heavy atom. The number of Topliss-reactive ketones (excluding diaryl/α,β-unsaturated/α-hetero) is 1. The van der Waals surface area contributed by atoms with Gasteiger partial charge in [0.05, 0.1) is 18.4 Å². The van der Waals surface area contributed by atoms with Gasteiger partial charge in [-0.1, -0.05) is 34.9 Å². The van der Waals surface area contributed by atoms with Crippen LogP contribution in [0.5, 0.6) is 0 Å². The van der Waals surface area contributed by atoms with Crippen molar-refractivity contribution >= 4 is 45.2 Å². The third-order valence-electron chi connectivity index (χ3n) is 3.94. The van der Waals surface area contributed by atoms with Gasteiger partial charge in [0.1, 0.15) is 0 Å². The van der Waals surface area contributed by atoms with Crippen LogP contribution in [0.3, 0.4) is 0 Å². The van der Waals surface area contributed by atoms with E-state index in [9.17, 15) is 19.2 Å². The molecule has 1 fully saturated rings. The van der Waals surface area contributed by atoms with Gasteiger partial charge >= 0.3 is 11.9 Å². The third kappa shape index (κ3) is 9.15. The molecule has 0 aromatic carbocycles. The van der Waals surface area contributed by atoms with Crippen molar-refractivity contribution in [2.75, 3.05) is 5.75 Å². The Balaban J connectivity index is 2.38. The van der Waals surface area contributed by atoms with Crippen LogP contribution in [0.4, 0.5) is 0 Å². The van der Waals surface area contributed by atoms with Crippen LogP contribution >= 0.6 is 21.6 Å². The molecule has 1 amide bonds. The van der Waals surface area contributed by atoms with Gasteiger partial charge in [-0.3, -0.25) is 19.2 Å². The Morgan fingerprint density at radius 3 is 2.44 bits per heavy atom. The number of carbonyl (C=O) groups is 4. The van der Waals surface area contributed by atoms with Gasteiger partial charge in [0.15, 0.2) is 5.78 Å². The number of rotatable bonds is 12. The van der Waals surface area contributed by atoms with Crippen LogP contribution in [0.25, 0.3) is 0 Å². The van der Waals surface area contributed by atoms with Gasteiger partial charge in [0.25, 0.3) is 0 Å². The SMILES string of the molecule is CC(CC(=O)C(CC(=O)O)NC(=O)CCCCC1CCSS1)C(=O)O. The van der Waals surface area contributed by atoms with E-state index in [4.69, 9.17) is 10.2 Å². The van der Waals surface area contributed by atoms with Crippen LogP contribution in [0, 0.1) is 5.92 Å². The Kier molecular flexibility index (Phi) is 9.96. The fourth-order valence-electron chi connectivity index (χ4n) is 2.44. The van der Waals surface area contributed by atoms with Gasteiger partial charge in [-0.25, -0.2) is 0 Å². The first kappa shape index (κ1) is 21.8. The molecule has 25 heavy (non-hydrogen) atoms. The molecule has 3 N–H and O–H groups in total. The van der Waals surface area contributed by atoms with Crippen molar-refractivity contribution in [3.05, 3.63) is 0 Å². The number of carboxylic acids is 2. The Morgan fingerprint density at radius 2 is 1.88 bits per heavy atom. The number of unbranched alkanes of at least 4 members (excludes halogenated alkanes) is 1. The lowest BCUT2D eigenvalue weighted by Gasteiger charge is -2.17. The van der Waals surface area contributed by atoms with Gasteiger partial charge in [0, 0.05) is 23.8 Å². The smallest absolute Gasteiger partial charge is 0.306 e. The summed E-state index contributed by atoms with van der Waals surface area (Å²) in [5.41, 5.74) is 0. The molecule has 1 heterocycles. The summed E-state index contributed by atoms with van der Waals surface area (Å²) in [4.78, 5) is 45.8. The van der Waals surface area contributed by atoms with Crippen molar-refractivity contribution in [1.29, 1.82) is 0 Å². The molecule has 1 saturated heterocycles. The van der Waals surface area contributed by atoms with Crippen LogP contribution in [0.2, 0.25) is 0 Å². The lowest BCUT2D eigenvalue weighted by molar-refractivity contribution is -0.143. The molecule has 3 atom stereocenters. The Hall–Kier alpha value is -1.22. The lowest BCUT2D eigenvalue weighted by atomic mass is 9.98. The average Bonchev–Trinajstić information content (AvgIpc) is 3.03. The summed E-state index contributed by atoms with van der Waals surface area (Å²) in [6.07, 6.45) is 3.25. The highest BCUT2D eigenvalue weighted by Crippen LogP contribution is 2.39. The molecule has 0 saturated carbocycles. The first-order valence-electron chi connectivity index (χ1n) is 8.34. The predicted octanol–water partition coefficient (Wildman–Crippen LogP) is 2.34. The van der Waals surface area contributed by atoms with Crippen molar-refractivity contribution in [1.82, 2.24) is 5.32 Å². The van der Waals surface area contributed by atoms with Gasteiger partial charge in [-0.15, -0.1) is 0 Å². The minimum absolute atomic E-state index is 0.239. The average molecular weight is 392 g/mol. The number of aliphatic carboxylic acids is 2. The summed E-state index contributed by atoms with van der Waals surface area (Å²) in [5.74, 6) is -3.01. The van der Waals surface area contributed by atoms with Crippen molar-refractivity contribution in [2.45, 2.75) is 63.2 Å². The minimum atomic E-state index is -1.21. The molecule has 3 unspecified atom stereocenters.